The molecule has 0 amide bonds. The summed E-state index contributed by atoms with van der Waals surface area (Å²) in [4.78, 5) is 26.1. The van der Waals surface area contributed by atoms with Gasteiger partial charge in [0.25, 0.3) is 0 Å². The molecule has 1 atom stereocenters. The van der Waals surface area contributed by atoms with E-state index in [0.29, 0.717) is 47.3 Å². The second kappa shape index (κ2) is 15.8. The van der Waals surface area contributed by atoms with Crippen molar-refractivity contribution in [2.24, 2.45) is 5.73 Å². The van der Waals surface area contributed by atoms with Crippen LogP contribution >= 0.6 is 11.6 Å². The van der Waals surface area contributed by atoms with Crippen LogP contribution in [0.1, 0.15) is 37.3 Å². The third-order valence-electron chi connectivity index (χ3n) is 6.36. The smallest absolute Gasteiger partial charge is 0.336 e. The number of hydrogen-bond donors (Lipinski definition) is 4. The number of carbonyl (C=O) groups excluding carboxylic acids is 2. The van der Waals surface area contributed by atoms with Crippen LogP contribution < -0.4 is 21.1 Å². The van der Waals surface area contributed by atoms with E-state index in [2.05, 4.69) is 10.6 Å². The maximum Gasteiger partial charge on any atom is 0.336 e. The van der Waals surface area contributed by atoms with E-state index < -0.39 is 17.9 Å². The second-order valence-electron chi connectivity index (χ2n) is 9.17. The second-order valence-corrected chi connectivity index (χ2v) is 9.57. The summed E-state index contributed by atoms with van der Waals surface area (Å²) in [5.41, 5.74) is 8.30. The van der Waals surface area contributed by atoms with E-state index in [9.17, 15) is 9.59 Å². The van der Waals surface area contributed by atoms with Gasteiger partial charge in [0.15, 0.2) is 0 Å². The van der Waals surface area contributed by atoms with Gasteiger partial charge in [-0.05, 0) is 62.7 Å². The fraction of sp³-hybridized carbons (Fsp3) is 0.367. The van der Waals surface area contributed by atoms with Gasteiger partial charge in [-0.3, -0.25) is 5.41 Å². The molecule has 0 saturated heterocycles. The maximum absolute atomic E-state index is 13.2. The van der Waals surface area contributed by atoms with Gasteiger partial charge in [-0.25, -0.2) is 9.59 Å². The summed E-state index contributed by atoms with van der Waals surface area (Å²) in [6.45, 7) is 5.97. The number of ether oxygens (including phenoxy) is 4. The molecule has 1 heterocycles. The van der Waals surface area contributed by atoms with Gasteiger partial charge in [-0.15, -0.1) is 0 Å². The van der Waals surface area contributed by atoms with Gasteiger partial charge in [0.1, 0.15) is 11.6 Å². The molecule has 11 heteroatoms. The summed E-state index contributed by atoms with van der Waals surface area (Å²) in [5, 5.41) is 14.3. The van der Waals surface area contributed by atoms with E-state index in [4.69, 9.17) is 41.7 Å². The highest BCUT2D eigenvalue weighted by atomic mass is 35.5. The number of nitrogens with one attached hydrogen (secondary N) is 3. The molecule has 0 bridgehead atoms. The van der Waals surface area contributed by atoms with Gasteiger partial charge in [-0.2, -0.15) is 0 Å². The van der Waals surface area contributed by atoms with Crippen molar-refractivity contribution in [3.8, 4) is 5.75 Å². The number of nitrogens with two attached hydrogens (primary N) is 1. The number of allylic oxidation sites excluding steroid dienone is 1. The molecule has 0 aromatic heterocycles. The van der Waals surface area contributed by atoms with Crippen molar-refractivity contribution in [3.05, 3.63) is 87.2 Å². The molecule has 41 heavy (non-hydrogen) atoms. The van der Waals surface area contributed by atoms with Crippen LogP contribution in [0.2, 0.25) is 5.02 Å². The zero-order valence-electron chi connectivity index (χ0n) is 23.6. The molecule has 5 N–H and O–H groups in total. The average molecular weight is 585 g/mol. The highest BCUT2D eigenvalue weighted by molar-refractivity contribution is 6.31. The molecule has 0 saturated carbocycles. The number of dihydropyridines is 1. The van der Waals surface area contributed by atoms with E-state index in [0.717, 1.165) is 18.7 Å². The molecule has 0 aliphatic carbocycles. The average Bonchev–Trinajstić information content (AvgIpc) is 2.96. The molecule has 1 unspecified atom stereocenters. The van der Waals surface area contributed by atoms with Crippen LogP contribution in [0.4, 0.5) is 0 Å². The minimum absolute atomic E-state index is 0.0218. The number of esters is 2. The molecule has 1 aliphatic rings. The summed E-state index contributed by atoms with van der Waals surface area (Å²) < 4.78 is 22.0. The topological polar surface area (TPSA) is 145 Å². The van der Waals surface area contributed by atoms with Gasteiger partial charge in [-0.1, -0.05) is 29.8 Å². The lowest BCUT2D eigenvalue weighted by Crippen LogP contribution is -2.35. The molecule has 0 radical (unpaired) electrons. The lowest BCUT2D eigenvalue weighted by atomic mass is 9.80. The predicted molar refractivity (Wildman–Crippen MR) is 157 cm³/mol. The zero-order valence-corrected chi connectivity index (χ0v) is 24.3. The Morgan fingerprint density at radius 1 is 1.05 bits per heavy atom. The number of methoxy groups -OCH3 is 1. The largest absolute Gasteiger partial charge is 0.494 e. The SMILES string of the molecule is CCOC(=O)C1=C(COCCNCCCOc2ccc(C(=N)N)cc2)NC(C)=C(C(=O)OC)C1c1ccccc1Cl. The van der Waals surface area contributed by atoms with Crippen LogP contribution in [0.5, 0.6) is 5.75 Å². The van der Waals surface area contributed by atoms with E-state index in [1.807, 2.05) is 0 Å². The van der Waals surface area contributed by atoms with Crippen LogP contribution in [-0.2, 0) is 23.8 Å². The first-order chi connectivity index (χ1) is 19.8. The number of halogens is 1. The lowest BCUT2D eigenvalue weighted by Gasteiger charge is -2.31. The summed E-state index contributed by atoms with van der Waals surface area (Å²) in [5.74, 6) is -1.17. The van der Waals surface area contributed by atoms with Gasteiger partial charge in [0.05, 0.1) is 56.3 Å². The maximum atomic E-state index is 13.2. The third-order valence-corrected chi connectivity index (χ3v) is 6.71. The molecule has 1 aliphatic heterocycles. The molecule has 220 valence electrons. The number of carbonyl (C=O) groups is 2. The number of benzene rings is 2. The first kappa shape index (κ1) is 31.7. The molecular formula is C30H37ClN4O6. The van der Waals surface area contributed by atoms with Gasteiger partial charge < -0.3 is 35.3 Å². The van der Waals surface area contributed by atoms with Crippen molar-refractivity contribution in [3.63, 3.8) is 0 Å². The molecule has 0 fully saturated rings. The fourth-order valence-electron chi connectivity index (χ4n) is 4.42. The standard InChI is InChI=1S/C30H37ClN4O6/c1-4-40-30(37)27-24(35-19(2)25(29(36)38-3)26(27)22-8-5-6-9-23(22)31)18-39-17-15-34-14-7-16-41-21-12-10-20(11-13-21)28(32)33/h5-6,8-13,26,34-35H,4,7,14-18H2,1-3H3,(H3,32,33). The van der Waals surface area contributed by atoms with Crippen molar-refractivity contribution in [1.82, 2.24) is 10.6 Å². The Hall–Kier alpha value is -3.86. The van der Waals surface area contributed by atoms with Crippen LogP contribution in [0.25, 0.3) is 0 Å². The van der Waals surface area contributed by atoms with E-state index in [-0.39, 0.29) is 30.2 Å². The summed E-state index contributed by atoms with van der Waals surface area (Å²) in [6.07, 6.45) is 0.786. The number of amidine groups is 1. The number of nitrogen functional groups attached to an aromatic ring is 1. The molecule has 2 aromatic rings. The van der Waals surface area contributed by atoms with Crippen LogP contribution in [-0.4, -0.2) is 64.4 Å². The third kappa shape index (κ3) is 8.56. The molecule has 3 rings (SSSR count). The first-order valence-electron chi connectivity index (χ1n) is 13.3. The number of hydrogen-bond acceptors (Lipinski definition) is 9. The van der Waals surface area contributed by atoms with Crippen molar-refractivity contribution < 1.29 is 28.5 Å². The van der Waals surface area contributed by atoms with E-state index >= 15 is 0 Å². The number of rotatable bonds is 15. The van der Waals surface area contributed by atoms with Gasteiger partial charge in [0.2, 0.25) is 0 Å². The van der Waals surface area contributed by atoms with Crippen molar-refractivity contribution >= 4 is 29.4 Å². The van der Waals surface area contributed by atoms with E-state index in [1.165, 1.54) is 7.11 Å². The van der Waals surface area contributed by atoms with Crippen LogP contribution in [0, 0.1) is 5.41 Å². The Balaban J connectivity index is 1.59. The molecular weight excluding hydrogens is 548 g/mol. The lowest BCUT2D eigenvalue weighted by molar-refractivity contribution is -0.139. The van der Waals surface area contributed by atoms with Crippen molar-refractivity contribution in [2.75, 3.05) is 46.6 Å². The Labute approximate surface area is 245 Å². The minimum Gasteiger partial charge on any atom is -0.494 e. The van der Waals surface area contributed by atoms with Gasteiger partial charge >= 0.3 is 11.9 Å². The predicted octanol–water partition coefficient (Wildman–Crippen LogP) is 3.65. The van der Waals surface area contributed by atoms with Crippen molar-refractivity contribution in [1.29, 1.82) is 5.41 Å². The molecule has 2 aromatic carbocycles. The van der Waals surface area contributed by atoms with Crippen molar-refractivity contribution in [2.45, 2.75) is 26.2 Å². The zero-order chi connectivity index (χ0) is 29.8. The summed E-state index contributed by atoms with van der Waals surface area (Å²) >= 11 is 6.53. The highest BCUT2D eigenvalue weighted by Gasteiger charge is 2.39. The Kier molecular flexibility index (Phi) is 12.2. The Bertz CT molecular complexity index is 1290. The summed E-state index contributed by atoms with van der Waals surface area (Å²) in [6, 6.07) is 14.2. The molecule has 10 nitrogen and oxygen atoms in total. The highest BCUT2D eigenvalue weighted by Crippen LogP contribution is 2.41. The minimum atomic E-state index is -0.785. The van der Waals surface area contributed by atoms with Crippen LogP contribution in [0.3, 0.4) is 0 Å². The van der Waals surface area contributed by atoms with E-state index in [1.54, 1.807) is 62.4 Å². The normalized spacial score (nSPS) is 14.9. The quantitative estimate of drug-likeness (QED) is 0.107. The first-order valence-corrected chi connectivity index (χ1v) is 13.7. The Morgan fingerprint density at radius 3 is 2.44 bits per heavy atom. The Morgan fingerprint density at radius 2 is 1.78 bits per heavy atom. The van der Waals surface area contributed by atoms with Crippen LogP contribution in [0.15, 0.2) is 71.1 Å². The summed E-state index contributed by atoms with van der Waals surface area (Å²) in [7, 11) is 1.30. The van der Waals surface area contributed by atoms with Gasteiger partial charge in [0, 0.05) is 22.8 Å². The fourth-order valence-corrected chi connectivity index (χ4v) is 4.67. The molecule has 0 spiro atoms. The monoisotopic (exact) mass is 584 g/mol.